The Labute approximate surface area is 125 Å². The number of nitrogens with zero attached hydrogens (tertiary/aromatic N) is 1. The van der Waals surface area contributed by atoms with Gasteiger partial charge in [0.2, 0.25) is 0 Å². The van der Waals surface area contributed by atoms with Crippen molar-refractivity contribution < 1.29 is 4.92 Å². The van der Waals surface area contributed by atoms with Gasteiger partial charge in [0.25, 0.3) is 0 Å². The molecule has 0 aliphatic carbocycles. The average molecular weight is 336 g/mol. The van der Waals surface area contributed by atoms with E-state index in [9.17, 15) is 10.1 Å². The molecule has 0 spiro atoms. The van der Waals surface area contributed by atoms with Crippen LogP contribution in [0.2, 0.25) is 0 Å². The molecule has 104 valence electrons. The number of rotatable bonds is 4. The third-order valence-corrected chi connectivity index (χ3v) is 3.46. The molecule has 5 nitrogen and oxygen atoms in total. The van der Waals surface area contributed by atoms with Crippen molar-refractivity contribution in [2.45, 2.75) is 13.0 Å². The van der Waals surface area contributed by atoms with Gasteiger partial charge in [-0.05, 0) is 36.8 Å². The van der Waals surface area contributed by atoms with E-state index in [1.807, 2.05) is 31.2 Å². The van der Waals surface area contributed by atoms with Crippen LogP contribution in [0.15, 0.2) is 46.9 Å². The Morgan fingerprint density at radius 3 is 2.65 bits per heavy atom. The molecule has 1 unspecified atom stereocenters. The fraction of sp³-hybridized carbons (Fsp3) is 0.143. The van der Waals surface area contributed by atoms with Crippen LogP contribution in [0.25, 0.3) is 0 Å². The minimum Gasteiger partial charge on any atom is -0.393 e. The van der Waals surface area contributed by atoms with Crippen molar-refractivity contribution in [1.82, 2.24) is 0 Å². The predicted octanol–water partition coefficient (Wildman–Crippen LogP) is 4.11. The first-order valence-corrected chi connectivity index (χ1v) is 6.83. The van der Waals surface area contributed by atoms with Gasteiger partial charge in [0, 0.05) is 10.5 Å². The van der Waals surface area contributed by atoms with Crippen LogP contribution in [-0.4, -0.2) is 4.92 Å². The first-order chi connectivity index (χ1) is 9.49. The lowest BCUT2D eigenvalue weighted by Crippen LogP contribution is -2.09. The van der Waals surface area contributed by atoms with Gasteiger partial charge in [0.1, 0.15) is 11.4 Å². The number of hydrogen-bond donors (Lipinski definition) is 2. The standard InChI is InChI=1S/C14H14BrN3O2/c1-9(10-4-2-5-11(15)8-10)17-13-7-3-6-12(16)14(13)18(19)20/h2-9,17H,16H2,1H3. The Kier molecular flexibility index (Phi) is 4.24. The maximum atomic E-state index is 11.1. The highest BCUT2D eigenvalue weighted by atomic mass is 79.9. The van der Waals surface area contributed by atoms with Crippen molar-refractivity contribution in [3.63, 3.8) is 0 Å². The van der Waals surface area contributed by atoms with Gasteiger partial charge in [0.15, 0.2) is 0 Å². The third-order valence-electron chi connectivity index (χ3n) is 2.97. The molecule has 3 N–H and O–H groups in total. The average Bonchev–Trinajstić information content (AvgIpc) is 2.38. The number of benzene rings is 2. The summed E-state index contributed by atoms with van der Waals surface area (Å²) in [5.41, 5.74) is 7.18. The molecule has 0 aliphatic rings. The van der Waals surface area contributed by atoms with Crippen molar-refractivity contribution in [3.05, 3.63) is 62.6 Å². The van der Waals surface area contributed by atoms with Crippen molar-refractivity contribution in [1.29, 1.82) is 0 Å². The first-order valence-electron chi connectivity index (χ1n) is 6.04. The van der Waals surface area contributed by atoms with Crippen LogP contribution < -0.4 is 11.1 Å². The van der Waals surface area contributed by atoms with Crippen molar-refractivity contribution in [2.24, 2.45) is 0 Å². The largest absolute Gasteiger partial charge is 0.393 e. The highest BCUT2D eigenvalue weighted by Crippen LogP contribution is 2.33. The zero-order valence-corrected chi connectivity index (χ0v) is 12.4. The Bertz CT molecular complexity index is 646. The summed E-state index contributed by atoms with van der Waals surface area (Å²) in [4.78, 5) is 10.6. The van der Waals surface area contributed by atoms with E-state index in [1.165, 1.54) is 6.07 Å². The quantitative estimate of drug-likeness (QED) is 0.500. The molecule has 0 amide bonds. The molecule has 6 heteroatoms. The van der Waals surface area contributed by atoms with Gasteiger partial charge in [-0.25, -0.2) is 0 Å². The summed E-state index contributed by atoms with van der Waals surface area (Å²) in [7, 11) is 0. The summed E-state index contributed by atoms with van der Waals surface area (Å²) in [5.74, 6) is 0. The Morgan fingerprint density at radius 2 is 2.00 bits per heavy atom. The molecule has 0 bridgehead atoms. The van der Waals surface area contributed by atoms with E-state index in [0.717, 1.165) is 10.0 Å². The van der Waals surface area contributed by atoms with E-state index in [0.29, 0.717) is 5.69 Å². The van der Waals surface area contributed by atoms with Gasteiger partial charge < -0.3 is 11.1 Å². The number of anilines is 2. The molecule has 0 fully saturated rings. The number of nitrogens with two attached hydrogens (primary N) is 1. The molecule has 0 radical (unpaired) electrons. The number of nitro groups is 1. The van der Waals surface area contributed by atoms with E-state index >= 15 is 0 Å². The van der Waals surface area contributed by atoms with Crippen LogP contribution in [0.4, 0.5) is 17.1 Å². The number of hydrogen-bond acceptors (Lipinski definition) is 4. The highest BCUT2D eigenvalue weighted by molar-refractivity contribution is 9.10. The van der Waals surface area contributed by atoms with Crippen molar-refractivity contribution >= 4 is 33.0 Å². The molecule has 0 saturated carbocycles. The van der Waals surface area contributed by atoms with E-state index in [4.69, 9.17) is 5.73 Å². The summed E-state index contributed by atoms with van der Waals surface area (Å²) in [6.45, 7) is 1.94. The van der Waals surface area contributed by atoms with E-state index in [2.05, 4.69) is 21.2 Å². The summed E-state index contributed by atoms with van der Waals surface area (Å²) in [6, 6.07) is 12.6. The third kappa shape index (κ3) is 3.08. The normalized spacial score (nSPS) is 11.9. The number of para-hydroxylation sites is 1. The predicted molar refractivity (Wildman–Crippen MR) is 83.7 cm³/mol. The van der Waals surface area contributed by atoms with Gasteiger partial charge >= 0.3 is 5.69 Å². The van der Waals surface area contributed by atoms with Crippen LogP contribution in [0.3, 0.4) is 0 Å². The summed E-state index contributed by atoms with van der Waals surface area (Å²) >= 11 is 3.41. The second kappa shape index (κ2) is 5.92. The number of halogens is 1. The SMILES string of the molecule is CC(Nc1cccc(N)c1[N+](=O)[O-])c1cccc(Br)c1. The smallest absolute Gasteiger partial charge is 0.314 e. The zero-order chi connectivity index (χ0) is 14.7. The zero-order valence-electron chi connectivity index (χ0n) is 10.8. The number of nitro benzene ring substituents is 1. The lowest BCUT2D eigenvalue weighted by atomic mass is 10.1. The van der Waals surface area contributed by atoms with Gasteiger partial charge in [-0.3, -0.25) is 10.1 Å². The lowest BCUT2D eigenvalue weighted by Gasteiger charge is -2.16. The van der Waals surface area contributed by atoms with Crippen LogP contribution >= 0.6 is 15.9 Å². The summed E-state index contributed by atoms with van der Waals surface area (Å²) < 4.78 is 0.964. The van der Waals surface area contributed by atoms with Crippen LogP contribution in [0, 0.1) is 10.1 Å². The molecule has 0 aliphatic heterocycles. The molecule has 0 saturated heterocycles. The molecule has 1 atom stereocenters. The van der Waals surface area contributed by atoms with Crippen molar-refractivity contribution in [3.8, 4) is 0 Å². The maximum Gasteiger partial charge on any atom is 0.314 e. The van der Waals surface area contributed by atoms with E-state index in [-0.39, 0.29) is 17.4 Å². The van der Waals surface area contributed by atoms with Crippen molar-refractivity contribution in [2.75, 3.05) is 11.1 Å². The topological polar surface area (TPSA) is 81.2 Å². The molecule has 0 aromatic heterocycles. The van der Waals surface area contributed by atoms with E-state index in [1.54, 1.807) is 12.1 Å². The highest BCUT2D eigenvalue weighted by Gasteiger charge is 2.19. The molecular weight excluding hydrogens is 322 g/mol. The van der Waals surface area contributed by atoms with Crippen LogP contribution in [-0.2, 0) is 0 Å². The lowest BCUT2D eigenvalue weighted by molar-refractivity contribution is -0.383. The minimum atomic E-state index is -0.467. The molecule has 20 heavy (non-hydrogen) atoms. The summed E-state index contributed by atoms with van der Waals surface area (Å²) in [6.07, 6.45) is 0. The second-order valence-electron chi connectivity index (χ2n) is 4.42. The molecule has 2 aromatic carbocycles. The maximum absolute atomic E-state index is 11.1. The minimum absolute atomic E-state index is 0.0759. The monoisotopic (exact) mass is 335 g/mol. The fourth-order valence-corrected chi connectivity index (χ4v) is 2.39. The van der Waals surface area contributed by atoms with Gasteiger partial charge in [-0.15, -0.1) is 0 Å². The second-order valence-corrected chi connectivity index (χ2v) is 5.34. The Morgan fingerprint density at radius 1 is 1.30 bits per heavy atom. The molecule has 2 rings (SSSR count). The summed E-state index contributed by atoms with van der Waals surface area (Å²) in [5, 5.41) is 14.2. The molecular formula is C14H14BrN3O2. The van der Waals surface area contributed by atoms with Gasteiger partial charge in [0.05, 0.1) is 4.92 Å². The van der Waals surface area contributed by atoms with Gasteiger partial charge in [-0.1, -0.05) is 34.1 Å². The number of nitrogens with one attached hydrogen (secondary N) is 1. The van der Waals surface area contributed by atoms with E-state index < -0.39 is 4.92 Å². The molecule has 0 heterocycles. The fourth-order valence-electron chi connectivity index (χ4n) is 1.97. The Hall–Kier alpha value is -2.08. The van der Waals surface area contributed by atoms with Crippen LogP contribution in [0.1, 0.15) is 18.5 Å². The molecule has 2 aromatic rings. The first kappa shape index (κ1) is 14.3. The number of nitrogen functional groups attached to an aromatic ring is 1. The van der Waals surface area contributed by atoms with Crippen LogP contribution in [0.5, 0.6) is 0 Å². The Balaban J connectivity index is 2.30. The van der Waals surface area contributed by atoms with Gasteiger partial charge in [-0.2, -0.15) is 0 Å².